The fraction of sp³-hybridized carbons (Fsp3) is 0.368. The molecule has 6 nitrogen and oxygen atoms in total. The lowest BCUT2D eigenvalue weighted by Gasteiger charge is -2.40. The molecule has 0 saturated carbocycles. The summed E-state index contributed by atoms with van der Waals surface area (Å²) in [5, 5.41) is 15.4. The monoisotopic (exact) mass is 369 g/mol. The second-order valence-electron chi connectivity index (χ2n) is 7.03. The first-order valence-corrected chi connectivity index (χ1v) is 9.61. The molecule has 2 atom stereocenters. The minimum Gasteiger partial charge on any atom is -0.478 e. The summed E-state index contributed by atoms with van der Waals surface area (Å²) in [6, 6.07) is 10.3. The summed E-state index contributed by atoms with van der Waals surface area (Å²) >= 11 is 1.40. The number of hydrogen-bond donors (Lipinski definition) is 2. The quantitative estimate of drug-likeness (QED) is 0.742. The largest absolute Gasteiger partial charge is 0.478 e. The lowest BCUT2D eigenvalue weighted by molar-refractivity contribution is 0.0174. The Hall–Kier alpha value is -2.22. The maximum absolute atomic E-state index is 12.2. The Morgan fingerprint density at radius 2 is 2.00 bits per heavy atom. The van der Waals surface area contributed by atoms with Crippen molar-refractivity contribution in [1.82, 2.24) is 14.3 Å². The highest BCUT2D eigenvalue weighted by molar-refractivity contribution is 7.08. The van der Waals surface area contributed by atoms with Crippen LogP contribution in [0.25, 0.3) is 15.9 Å². The molecule has 0 aliphatic carbocycles. The highest BCUT2D eigenvalue weighted by Crippen LogP contribution is 2.41. The van der Waals surface area contributed by atoms with E-state index >= 15 is 0 Å². The number of benzene rings is 1. The molecule has 2 aliphatic heterocycles. The number of para-hydroxylation sites is 1. The van der Waals surface area contributed by atoms with E-state index in [9.17, 15) is 9.90 Å². The first-order valence-electron chi connectivity index (χ1n) is 8.84. The molecule has 2 bridgehead atoms. The maximum Gasteiger partial charge on any atom is 0.338 e. The van der Waals surface area contributed by atoms with Crippen molar-refractivity contribution in [1.29, 1.82) is 0 Å². The molecule has 0 spiro atoms. The Morgan fingerprint density at radius 1 is 1.23 bits per heavy atom. The number of hydrogen-bond acceptors (Lipinski definition) is 5. The van der Waals surface area contributed by atoms with Gasteiger partial charge in [-0.2, -0.15) is 4.37 Å². The molecule has 26 heavy (non-hydrogen) atoms. The van der Waals surface area contributed by atoms with Gasteiger partial charge in [0.25, 0.3) is 0 Å². The van der Waals surface area contributed by atoms with Crippen molar-refractivity contribution >= 4 is 28.4 Å². The molecule has 0 amide bonds. The molecule has 3 aromatic rings. The van der Waals surface area contributed by atoms with Crippen LogP contribution >= 0.6 is 11.5 Å². The zero-order valence-electron chi connectivity index (χ0n) is 14.1. The first kappa shape index (κ1) is 16.0. The number of carbonyl (C=O) groups is 1. The maximum atomic E-state index is 12.2. The third-order valence-electron chi connectivity index (χ3n) is 5.40. The SMILES string of the molecule is O=C(O)c1c(C2CC3COCC(C2)N3)n(-c2ccns2)c2ccccc12. The van der Waals surface area contributed by atoms with Crippen molar-refractivity contribution in [2.24, 2.45) is 0 Å². The summed E-state index contributed by atoms with van der Waals surface area (Å²) in [5.74, 6) is -0.685. The first-order chi connectivity index (χ1) is 12.7. The highest BCUT2D eigenvalue weighted by atomic mass is 32.1. The van der Waals surface area contributed by atoms with Gasteiger partial charge in [0, 0.05) is 35.3 Å². The van der Waals surface area contributed by atoms with Gasteiger partial charge in [0.05, 0.1) is 24.3 Å². The Labute approximate surface area is 154 Å². The van der Waals surface area contributed by atoms with E-state index in [4.69, 9.17) is 4.74 Å². The normalized spacial score (nSPS) is 25.5. The fourth-order valence-electron chi connectivity index (χ4n) is 4.49. The molecule has 2 N–H and O–H groups in total. The molecule has 2 fully saturated rings. The predicted molar refractivity (Wildman–Crippen MR) is 99.4 cm³/mol. The van der Waals surface area contributed by atoms with Crippen LogP contribution in [0.15, 0.2) is 36.5 Å². The van der Waals surface area contributed by atoms with Gasteiger partial charge >= 0.3 is 5.97 Å². The van der Waals surface area contributed by atoms with Crippen LogP contribution in [0.5, 0.6) is 0 Å². The highest BCUT2D eigenvalue weighted by Gasteiger charge is 2.37. The summed E-state index contributed by atoms with van der Waals surface area (Å²) in [4.78, 5) is 12.2. The van der Waals surface area contributed by atoms with E-state index in [0.29, 0.717) is 18.8 Å². The lowest BCUT2D eigenvalue weighted by Crippen LogP contribution is -2.53. The van der Waals surface area contributed by atoms with E-state index in [2.05, 4.69) is 14.3 Å². The molecule has 0 radical (unpaired) electrons. The molecule has 2 aliphatic rings. The van der Waals surface area contributed by atoms with Crippen LogP contribution < -0.4 is 5.32 Å². The predicted octanol–water partition coefficient (Wildman–Crippen LogP) is 3.02. The van der Waals surface area contributed by atoms with Gasteiger partial charge in [-0.3, -0.25) is 0 Å². The number of aromatic carboxylic acids is 1. The summed E-state index contributed by atoms with van der Waals surface area (Å²) in [6.45, 7) is 1.38. The second kappa shape index (κ2) is 6.19. The minimum absolute atomic E-state index is 0.177. The van der Waals surface area contributed by atoms with Crippen molar-refractivity contribution < 1.29 is 14.6 Å². The van der Waals surface area contributed by atoms with Crippen molar-refractivity contribution in [2.45, 2.75) is 30.8 Å². The average molecular weight is 369 g/mol. The van der Waals surface area contributed by atoms with Crippen LogP contribution in [0.3, 0.4) is 0 Å². The van der Waals surface area contributed by atoms with Crippen LogP contribution in [-0.2, 0) is 4.74 Å². The van der Waals surface area contributed by atoms with Gasteiger partial charge in [0.1, 0.15) is 5.00 Å². The van der Waals surface area contributed by atoms with Gasteiger partial charge in [-0.25, -0.2) is 4.79 Å². The summed E-state index contributed by atoms with van der Waals surface area (Å²) in [6.07, 6.45) is 3.53. The number of aromatic nitrogens is 2. The van der Waals surface area contributed by atoms with Crippen molar-refractivity contribution in [3.05, 3.63) is 47.8 Å². The van der Waals surface area contributed by atoms with E-state index in [1.54, 1.807) is 6.20 Å². The number of nitrogens with zero attached hydrogens (tertiary/aromatic N) is 2. The number of rotatable bonds is 3. The molecule has 7 heteroatoms. The third kappa shape index (κ3) is 2.46. The van der Waals surface area contributed by atoms with Gasteiger partial charge in [0.15, 0.2) is 0 Å². The van der Waals surface area contributed by atoms with Crippen LogP contribution in [0.1, 0.15) is 34.8 Å². The van der Waals surface area contributed by atoms with Gasteiger partial charge in [-0.1, -0.05) is 18.2 Å². The van der Waals surface area contributed by atoms with E-state index < -0.39 is 5.97 Å². The molecular formula is C19H19N3O3S. The summed E-state index contributed by atoms with van der Waals surface area (Å²) in [7, 11) is 0. The number of morpholine rings is 1. The zero-order valence-corrected chi connectivity index (χ0v) is 14.9. The Bertz CT molecular complexity index is 954. The Balaban J connectivity index is 1.76. The number of piperidine rings is 1. The number of nitrogens with one attached hydrogen (secondary N) is 1. The van der Waals surface area contributed by atoms with Crippen LogP contribution in [0.2, 0.25) is 0 Å². The van der Waals surface area contributed by atoms with Gasteiger partial charge in [-0.15, -0.1) is 0 Å². The molecule has 4 heterocycles. The van der Waals surface area contributed by atoms with Crippen molar-refractivity contribution in [2.75, 3.05) is 13.2 Å². The van der Waals surface area contributed by atoms with E-state index in [1.165, 1.54) is 11.5 Å². The zero-order chi connectivity index (χ0) is 17.7. The molecular weight excluding hydrogens is 350 g/mol. The molecule has 1 aromatic carbocycles. The topological polar surface area (TPSA) is 76.4 Å². The molecule has 2 aromatic heterocycles. The summed E-state index contributed by atoms with van der Waals surface area (Å²) < 4.78 is 12.0. The molecule has 134 valence electrons. The van der Waals surface area contributed by atoms with Gasteiger partial charge < -0.3 is 19.7 Å². The third-order valence-corrected chi connectivity index (χ3v) is 6.14. The van der Waals surface area contributed by atoms with Gasteiger partial charge in [-0.05, 0) is 36.5 Å². The molecule has 2 unspecified atom stereocenters. The number of fused-ring (bicyclic) bond motifs is 3. The average Bonchev–Trinajstić information content (AvgIpc) is 3.26. The van der Waals surface area contributed by atoms with E-state index in [0.717, 1.165) is 34.4 Å². The van der Waals surface area contributed by atoms with Crippen LogP contribution in [0, 0.1) is 0 Å². The standard InChI is InChI=1S/C19H19N3O3S/c23-19(24)17-14-3-1-2-4-15(14)22(16-5-6-20-26-16)18(17)11-7-12-9-25-10-13(8-11)21-12/h1-6,11-13,21H,7-10H2,(H,23,24). The fourth-order valence-corrected chi connectivity index (χ4v) is 5.12. The number of ether oxygens (including phenoxy) is 1. The van der Waals surface area contributed by atoms with Crippen LogP contribution in [-0.4, -0.2) is 45.3 Å². The Morgan fingerprint density at radius 3 is 2.69 bits per heavy atom. The summed E-state index contributed by atoms with van der Waals surface area (Å²) in [5.41, 5.74) is 2.27. The minimum atomic E-state index is -0.862. The second-order valence-corrected chi connectivity index (χ2v) is 7.85. The van der Waals surface area contributed by atoms with Crippen molar-refractivity contribution in [3.63, 3.8) is 0 Å². The number of carboxylic acid groups (broad SMARTS) is 1. The van der Waals surface area contributed by atoms with E-state index in [-0.39, 0.29) is 18.0 Å². The Kier molecular flexibility index (Phi) is 3.81. The van der Waals surface area contributed by atoms with E-state index in [1.807, 2.05) is 30.3 Å². The van der Waals surface area contributed by atoms with Crippen molar-refractivity contribution in [3.8, 4) is 5.00 Å². The molecule has 2 saturated heterocycles. The van der Waals surface area contributed by atoms with Crippen LogP contribution in [0.4, 0.5) is 0 Å². The molecule has 5 rings (SSSR count). The van der Waals surface area contributed by atoms with Gasteiger partial charge in [0.2, 0.25) is 0 Å². The smallest absolute Gasteiger partial charge is 0.338 e. The lowest BCUT2D eigenvalue weighted by atomic mass is 9.83. The number of carboxylic acids is 1.